The standard InChI is InChI=1S/C14H13BrN2O4S/c1-9-3-5-11(6-4-9)22(20,21)16-13-8-14(17(18)19)12(15)7-10(13)2/h3-8,16H,1-2H3. The minimum absolute atomic E-state index is 0.100. The lowest BCUT2D eigenvalue weighted by Gasteiger charge is -2.11. The molecule has 0 saturated heterocycles. The zero-order valence-electron chi connectivity index (χ0n) is 11.8. The minimum atomic E-state index is -3.80. The molecule has 0 fully saturated rings. The number of nitrogens with zero attached hydrogens (tertiary/aromatic N) is 1. The van der Waals surface area contributed by atoms with E-state index in [1.165, 1.54) is 24.3 Å². The van der Waals surface area contributed by atoms with Gasteiger partial charge in [0.05, 0.1) is 20.0 Å². The second-order valence-electron chi connectivity index (χ2n) is 4.79. The predicted octanol–water partition coefficient (Wildman–Crippen LogP) is 3.77. The third kappa shape index (κ3) is 3.45. The van der Waals surface area contributed by atoms with Crippen molar-refractivity contribution in [3.63, 3.8) is 0 Å². The molecule has 22 heavy (non-hydrogen) atoms. The molecule has 2 aromatic carbocycles. The lowest BCUT2D eigenvalue weighted by atomic mass is 10.2. The number of nitrogens with one attached hydrogen (secondary N) is 1. The first kappa shape index (κ1) is 16.4. The summed E-state index contributed by atoms with van der Waals surface area (Å²) in [6.45, 7) is 3.52. The summed E-state index contributed by atoms with van der Waals surface area (Å²) in [7, 11) is -3.80. The Morgan fingerprint density at radius 1 is 1.14 bits per heavy atom. The Bertz CT molecular complexity index is 833. The van der Waals surface area contributed by atoms with Crippen molar-refractivity contribution < 1.29 is 13.3 Å². The van der Waals surface area contributed by atoms with Crippen LogP contribution in [-0.4, -0.2) is 13.3 Å². The largest absolute Gasteiger partial charge is 0.285 e. The lowest BCUT2D eigenvalue weighted by Crippen LogP contribution is -2.14. The van der Waals surface area contributed by atoms with Gasteiger partial charge in [0.25, 0.3) is 15.7 Å². The van der Waals surface area contributed by atoms with E-state index in [9.17, 15) is 18.5 Å². The number of anilines is 1. The molecular formula is C14H13BrN2O4S. The third-order valence-electron chi connectivity index (χ3n) is 3.07. The van der Waals surface area contributed by atoms with Crippen molar-refractivity contribution in [1.29, 1.82) is 0 Å². The zero-order valence-corrected chi connectivity index (χ0v) is 14.2. The van der Waals surface area contributed by atoms with Gasteiger partial charge in [0.1, 0.15) is 0 Å². The highest BCUT2D eigenvalue weighted by atomic mass is 79.9. The van der Waals surface area contributed by atoms with Crippen LogP contribution < -0.4 is 4.72 Å². The highest BCUT2D eigenvalue weighted by Crippen LogP contribution is 2.32. The van der Waals surface area contributed by atoms with E-state index < -0.39 is 14.9 Å². The Hall–Kier alpha value is -1.93. The number of nitro benzene ring substituents is 1. The van der Waals surface area contributed by atoms with Gasteiger partial charge in [-0.25, -0.2) is 8.42 Å². The maximum atomic E-state index is 12.3. The molecule has 0 amide bonds. The molecular weight excluding hydrogens is 372 g/mol. The van der Waals surface area contributed by atoms with Crippen molar-refractivity contribution in [2.75, 3.05) is 4.72 Å². The van der Waals surface area contributed by atoms with Crippen molar-refractivity contribution in [3.05, 3.63) is 62.1 Å². The van der Waals surface area contributed by atoms with Crippen LogP contribution in [0.5, 0.6) is 0 Å². The summed E-state index contributed by atoms with van der Waals surface area (Å²) in [4.78, 5) is 10.5. The molecule has 0 aliphatic rings. The summed E-state index contributed by atoms with van der Waals surface area (Å²) < 4.78 is 27.4. The summed E-state index contributed by atoms with van der Waals surface area (Å²) in [5, 5.41) is 11.0. The van der Waals surface area contributed by atoms with Gasteiger partial charge in [0.2, 0.25) is 0 Å². The molecule has 2 aromatic rings. The summed E-state index contributed by atoms with van der Waals surface area (Å²) >= 11 is 3.10. The van der Waals surface area contributed by atoms with E-state index in [4.69, 9.17) is 0 Å². The SMILES string of the molecule is Cc1ccc(S(=O)(=O)Nc2cc([N+](=O)[O-])c(Br)cc2C)cc1. The van der Waals surface area contributed by atoms with Crippen LogP contribution in [0.3, 0.4) is 0 Å². The van der Waals surface area contributed by atoms with E-state index in [2.05, 4.69) is 20.7 Å². The Labute approximate surface area is 136 Å². The average Bonchev–Trinajstić information content (AvgIpc) is 2.41. The van der Waals surface area contributed by atoms with Gasteiger partial charge >= 0.3 is 0 Å². The summed E-state index contributed by atoms with van der Waals surface area (Å²) in [5.41, 5.74) is 1.49. The topological polar surface area (TPSA) is 89.3 Å². The van der Waals surface area contributed by atoms with Gasteiger partial charge in [0, 0.05) is 6.07 Å². The van der Waals surface area contributed by atoms with Crippen molar-refractivity contribution in [1.82, 2.24) is 0 Å². The third-order valence-corrected chi connectivity index (χ3v) is 5.08. The van der Waals surface area contributed by atoms with E-state index in [0.29, 0.717) is 10.0 Å². The first-order chi connectivity index (χ1) is 10.2. The highest BCUT2D eigenvalue weighted by Gasteiger charge is 2.19. The summed E-state index contributed by atoms with van der Waals surface area (Å²) in [6, 6.07) is 9.05. The number of hydrogen-bond donors (Lipinski definition) is 1. The lowest BCUT2D eigenvalue weighted by molar-refractivity contribution is -0.385. The molecule has 0 aliphatic heterocycles. The second-order valence-corrected chi connectivity index (χ2v) is 7.33. The van der Waals surface area contributed by atoms with Gasteiger partial charge in [-0.15, -0.1) is 0 Å². The maximum absolute atomic E-state index is 12.3. The van der Waals surface area contributed by atoms with E-state index in [0.717, 1.165) is 5.56 Å². The van der Waals surface area contributed by atoms with Crippen LogP contribution in [0.2, 0.25) is 0 Å². The fourth-order valence-corrected chi connectivity index (χ4v) is 3.56. The number of halogens is 1. The number of benzene rings is 2. The predicted molar refractivity (Wildman–Crippen MR) is 87.5 cm³/mol. The number of hydrogen-bond acceptors (Lipinski definition) is 4. The molecule has 116 valence electrons. The molecule has 6 nitrogen and oxygen atoms in total. The molecule has 1 N–H and O–H groups in total. The number of sulfonamides is 1. The van der Waals surface area contributed by atoms with Crippen molar-refractivity contribution in [2.45, 2.75) is 18.7 Å². The normalized spacial score (nSPS) is 11.2. The fourth-order valence-electron chi connectivity index (χ4n) is 1.83. The molecule has 0 bridgehead atoms. The Balaban J connectivity index is 2.43. The van der Waals surface area contributed by atoms with Crippen molar-refractivity contribution >= 4 is 37.3 Å². The van der Waals surface area contributed by atoms with Gasteiger partial charge in [-0.3, -0.25) is 14.8 Å². The van der Waals surface area contributed by atoms with Crippen LogP contribution in [-0.2, 0) is 10.0 Å². The number of nitro groups is 1. The molecule has 0 aromatic heterocycles. The van der Waals surface area contributed by atoms with Crippen LogP contribution in [0.15, 0.2) is 45.8 Å². The fraction of sp³-hybridized carbons (Fsp3) is 0.143. The molecule has 0 saturated carbocycles. The number of aryl methyl sites for hydroxylation is 2. The van der Waals surface area contributed by atoms with E-state index in [1.807, 2.05) is 6.92 Å². The molecule has 0 atom stereocenters. The van der Waals surface area contributed by atoms with Crippen LogP contribution >= 0.6 is 15.9 Å². The molecule has 0 spiro atoms. The van der Waals surface area contributed by atoms with Gasteiger partial charge in [-0.2, -0.15) is 0 Å². The van der Waals surface area contributed by atoms with Gasteiger partial charge in [-0.05, 0) is 53.5 Å². The second kappa shape index (κ2) is 6.05. The van der Waals surface area contributed by atoms with E-state index in [1.54, 1.807) is 19.1 Å². The van der Waals surface area contributed by atoms with Crippen LogP contribution in [0.25, 0.3) is 0 Å². The molecule has 0 heterocycles. The Kier molecular flexibility index (Phi) is 4.52. The van der Waals surface area contributed by atoms with Crippen LogP contribution in [0.1, 0.15) is 11.1 Å². The van der Waals surface area contributed by atoms with Crippen molar-refractivity contribution in [3.8, 4) is 0 Å². The van der Waals surface area contributed by atoms with Crippen LogP contribution in [0, 0.1) is 24.0 Å². The van der Waals surface area contributed by atoms with Crippen molar-refractivity contribution in [2.24, 2.45) is 0 Å². The molecule has 0 radical (unpaired) electrons. The Morgan fingerprint density at radius 2 is 1.73 bits per heavy atom. The summed E-state index contributed by atoms with van der Waals surface area (Å²) in [5.74, 6) is 0. The molecule has 2 rings (SSSR count). The molecule has 0 aliphatic carbocycles. The first-order valence-corrected chi connectivity index (χ1v) is 8.52. The first-order valence-electron chi connectivity index (χ1n) is 6.25. The van der Waals surface area contributed by atoms with Crippen LogP contribution in [0.4, 0.5) is 11.4 Å². The van der Waals surface area contributed by atoms with E-state index >= 15 is 0 Å². The zero-order chi connectivity index (χ0) is 16.5. The smallest absolute Gasteiger partial charge is 0.279 e. The van der Waals surface area contributed by atoms with E-state index in [-0.39, 0.29) is 16.3 Å². The number of rotatable bonds is 4. The highest BCUT2D eigenvalue weighted by molar-refractivity contribution is 9.10. The monoisotopic (exact) mass is 384 g/mol. The molecule has 8 heteroatoms. The summed E-state index contributed by atoms with van der Waals surface area (Å²) in [6.07, 6.45) is 0. The minimum Gasteiger partial charge on any atom is -0.279 e. The molecule has 0 unspecified atom stereocenters. The quantitative estimate of drug-likeness (QED) is 0.641. The van der Waals surface area contributed by atoms with Gasteiger partial charge in [-0.1, -0.05) is 17.7 Å². The average molecular weight is 385 g/mol. The maximum Gasteiger partial charge on any atom is 0.285 e. The van der Waals surface area contributed by atoms with Gasteiger partial charge < -0.3 is 0 Å². The van der Waals surface area contributed by atoms with Gasteiger partial charge in [0.15, 0.2) is 0 Å². The Morgan fingerprint density at radius 3 is 2.27 bits per heavy atom.